The summed E-state index contributed by atoms with van der Waals surface area (Å²) in [6.45, 7) is 6.43. The standard InChI is InChI=1S/C8H14N2O4/c1-5(6(11)10-13)9-7(12)14-8(2,3)4/h5H,1-4H3,(H,9,12)/t5-/m1/s1. The Morgan fingerprint density at radius 1 is 1.36 bits per heavy atom. The molecule has 0 aromatic rings. The zero-order valence-corrected chi connectivity index (χ0v) is 8.66. The predicted octanol–water partition coefficient (Wildman–Crippen LogP) is 1.19. The number of alkyl carbamates (subject to hydrolysis) is 1. The van der Waals surface area contributed by atoms with Crippen molar-refractivity contribution in [3.8, 4) is 0 Å². The van der Waals surface area contributed by atoms with Crippen LogP contribution in [0.3, 0.4) is 0 Å². The van der Waals surface area contributed by atoms with E-state index >= 15 is 0 Å². The molecule has 0 spiro atoms. The third kappa shape index (κ3) is 5.23. The molecule has 0 saturated carbocycles. The van der Waals surface area contributed by atoms with Crippen LogP contribution in [0.5, 0.6) is 0 Å². The number of ether oxygens (including phenoxy) is 1. The van der Waals surface area contributed by atoms with Gasteiger partial charge >= 0.3 is 12.0 Å². The molecule has 0 radical (unpaired) electrons. The zero-order chi connectivity index (χ0) is 11.4. The fourth-order valence-corrected chi connectivity index (χ4v) is 0.625. The summed E-state index contributed by atoms with van der Waals surface area (Å²) in [6, 6.07) is -0.956. The SMILES string of the molecule is C[C@@H](NC(=O)OC(C)(C)C)C(=O)N=O. The molecule has 0 aliphatic heterocycles. The Morgan fingerprint density at radius 3 is 2.21 bits per heavy atom. The summed E-state index contributed by atoms with van der Waals surface area (Å²) in [6.07, 6.45) is -0.748. The van der Waals surface area contributed by atoms with Crippen molar-refractivity contribution in [1.29, 1.82) is 0 Å². The Bertz CT molecular complexity index is 244. The number of rotatable bonds is 2. The molecule has 2 amide bonds. The minimum Gasteiger partial charge on any atom is -0.444 e. The molecule has 0 rings (SSSR count). The third-order valence-electron chi connectivity index (χ3n) is 1.19. The van der Waals surface area contributed by atoms with E-state index in [9.17, 15) is 14.5 Å². The summed E-state index contributed by atoms with van der Waals surface area (Å²) in [5, 5.41) is 4.36. The molecule has 0 fully saturated rings. The molecular weight excluding hydrogens is 188 g/mol. The minimum absolute atomic E-state index is 0.637. The van der Waals surface area contributed by atoms with Crippen LogP contribution in [0.1, 0.15) is 27.7 Å². The predicted molar refractivity (Wildman–Crippen MR) is 49.6 cm³/mol. The van der Waals surface area contributed by atoms with E-state index in [2.05, 4.69) is 10.5 Å². The van der Waals surface area contributed by atoms with Crippen LogP contribution in [0.2, 0.25) is 0 Å². The molecule has 6 heteroatoms. The van der Waals surface area contributed by atoms with E-state index in [-0.39, 0.29) is 0 Å². The number of carbonyl (C=O) groups is 2. The summed E-state index contributed by atoms with van der Waals surface area (Å²) in [5.41, 5.74) is -0.637. The zero-order valence-electron chi connectivity index (χ0n) is 8.66. The molecule has 0 bridgehead atoms. The van der Waals surface area contributed by atoms with Crippen molar-refractivity contribution < 1.29 is 14.3 Å². The maximum Gasteiger partial charge on any atom is 0.408 e. The first-order chi connectivity index (χ1) is 6.26. The van der Waals surface area contributed by atoms with E-state index in [4.69, 9.17) is 4.74 Å². The van der Waals surface area contributed by atoms with Gasteiger partial charge in [-0.3, -0.25) is 4.79 Å². The van der Waals surface area contributed by atoms with Crippen LogP contribution in [0.25, 0.3) is 0 Å². The van der Waals surface area contributed by atoms with Crippen molar-refractivity contribution in [3.05, 3.63) is 4.91 Å². The van der Waals surface area contributed by atoms with E-state index in [0.717, 1.165) is 0 Å². The summed E-state index contributed by atoms with van der Waals surface area (Å²) in [4.78, 5) is 31.5. The molecule has 0 aliphatic carbocycles. The number of carbonyl (C=O) groups excluding carboxylic acids is 2. The van der Waals surface area contributed by atoms with Gasteiger partial charge in [-0.2, -0.15) is 0 Å². The number of hydrogen-bond donors (Lipinski definition) is 1. The molecule has 1 N–H and O–H groups in total. The Kier molecular flexibility index (Phi) is 4.20. The van der Waals surface area contributed by atoms with Crippen LogP contribution in [0, 0.1) is 4.91 Å². The van der Waals surface area contributed by atoms with E-state index in [1.807, 2.05) is 0 Å². The topological polar surface area (TPSA) is 84.8 Å². The molecule has 0 heterocycles. The second kappa shape index (κ2) is 4.69. The van der Waals surface area contributed by atoms with Gasteiger partial charge in [0.05, 0.1) is 0 Å². The lowest BCUT2D eigenvalue weighted by atomic mass is 10.2. The molecule has 0 saturated heterocycles. The molecule has 80 valence electrons. The van der Waals surface area contributed by atoms with Crippen LogP contribution in [-0.2, 0) is 9.53 Å². The van der Waals surface area contributed by atoms with Gasteiger partial charge in [0, 0.05) is 5.18 Å². The lowest BCUT2D eigenvalue weighted by Crippen LogP contribution is -2.41. The first-order valence-corrected chi connectivity index (χ1v) is 4.13. The maximum absolute atomic E-state index is 11.1. The summed E-state index contributed by atoms with van der Waals surface area (Å²) in [5.74, 6) is -0.934. The van der Waals surface area contributed by atoms with Crippen LogP contribution in [0.4, 0.5) is 4.79 Å². The number of nitroso groups, excluding NO2 is 1. The molecule has 6 nitrogen and oxygen atoms in total. The number of nitrogens with zero attached hydrogens (tertiary/aromatic N) is 1. The lowest BCUT2D eigenvalue weighted by molar-refractivity contribution is -0.119. The van der Waals surface area contributed by atoms with Crippen molar-refractivity contribution in [3.63, 3.8) is 0 Å². The smallest absolute Gasteiger partial charge is 0.408 e. The monoisotopic (exact) mass is 202 g/mol. The Morgan fingerprint density at radius 2 is 1.86 bits per heavy atom. The normalized spacial score (nSPS) is 12.9. The molecule has 0 aliphatic rings. The van der Waals surface area contributed by atoms with Crippen molar-refractivity contribution in [2.45, 2.75) is 39.3 Å². The number of nitrogens with one attached hydrogen (secondary N) is 1. The second-order valence-corrected chi connectivity index (χ2v) is 3.80. The molecule has 0 aromatic heterocycles. The maximum atomic E-state index is 11.1. The molecule has 0 aromatic carbocycles. The van der Waals surface area contributed by atoms with Crippen LogP contribution >= 0.6 is 0 Å². The highest BCUT2D eigenvalue weighted by Gasteiger charge is 2.21. The van der Waals surface area contributed by atoms with Gasteiger partial charge in [0.25, 0.3) is 0 Å². The van der Waals surface area contributed by atoms with Crippen molar-refractivity contribution >= 4 is 12.0 Å². The van der Waals surface area contributed by atoms with E-state index in [1.54, 1.807) is 20.8 Å². The summed E-state index contributed by atoms with van der Waals surface area (Å²) >= 11 is 0. The third-order valence-corrected chi connectivity index (χ3v) is 1.19. The number of hydrogen-bond acceptors (Lipinski definition) is 4. The molecule has 0 unspecified atom stereocenters. The van der Waals surface area contributed by atoms with Crippen LogP contribution in [-0.4, -0.2) is 23.6 Å². The second-order valence-electron chi connectivity index (χ2n) is 3.80. The summed E-state index contributed by atoms with van der Waals surface area (Å²) < 4.78 is 4.86. The Balaban J connectivity index is 4.07. The Hall–Kier alpha value is -1.46. The largest absolute Gasteiger partial charge is 0.444 e. The molecule has 1 atom stereocenters. The van der Waals surface area contributed by atoms with Gasteiger partial charge in [-0.15, -0.1) is 4.91 Å². The van der Waals surface area contributed by atoms with Gasteiger partial charge in [0.1, 0.15) is 11.6 Å². The highest BCUT2D eigenvalue weighted by molar-refractivity contribution is 5.85. The van der Waals surface area contributed by atoms with E-state index < -0.39 is 23.6 Å². The fourth-order valence-electron chi connectivity index (χ4n) is 0.625. The van der Waals surface area contributed by atoms with Crippen LogP contribution in [0.15, 0.2) is 5.18 Å². The van der Waals surface area contributed by atoms with Gasteiger partial charge in [-0.1, -0.05) is 0 Å². The average molecular weight is 202 g/mol. The quantitative estimate of drug-likeness (QED) is 0.681. The molecule has 14 heavy (non-hydrogen) atoms. The molecular formula is C8H14N2O4. The van der Waals surface area contributed by atoms with Crippen LogP contribution < -0.4 is 5.32 Å². The number of amides is 2. The van der Waals surface area contributed by atoms with Gasteiger partial charge in [0.15, 0.2) is 0 Å². The lowest BCUT2D eigenvalue weighted by Gasteiger charge is -2.20. The van der Waals surface area contributed by atoms with Crippen molar-refractivity contribution in [2.75, 3.05) is 0 Å². The minimum atomic E-state index is -0.956. The van der Waals surface area contributed by atoms with Crippen molar-refractivity contribution in [2.24, 2.45) is 5.18 Å². The van der Waals surface area contributed by atoms with E-state index in [0.29, 0.717) is 0 Å². The Labute approximate surface area is 82.0 Å². The highest BCUT2D eigenvalue weighted by Crippen LogP contribution is 2.06. The fraction of sp³-hybridized carbons (Fsp3) is 0.750. The summed E-state index contributed by atoms with van der Waals surface area (Å²) in [7, 11) is 0. The van der Waals surface area contributed by atoms with Crippen molar-refractivity contribution in [1.82, 2.24) is 5.32 Å². The average Bonchev–Trinajstić information content (AvgIpc) is 1.99. The van der Waals surface area contributed by atoms with E-state index in [1.165, 1.54) is 6.92 Å². The highest BCUT2D eigenvalue weighted by atomic mass is 16.6. The van der Waals surface area contributed by atoms with Gasteiger partial charge in [0.2, 0.25) is 0 Å². The van der Waals surface area contributed by atoms with Gasteiger partial charge in [-0.25, -0.2) is 4.79 Å². The first kappa shape index (κ1) is 12.5. The first-order valence-electron chi connectivity index (χ1n) is 4.13. The van der Waals surface area contributed by atoms with Gasteiger partial charge in [-0.05, 0) is 27.7 Å². The van der Waals surface area contributed by atoms with Gasteiger partial charge < -0.3 is 10.1 Å².